The van der Waals surface area contributed by atoms with Gasteiger partial charge >= 0.3 is 0 Å². The molecule has 3 heteroatoms. The molecule has 0 saturated carbocycles. The van der Waals surface area contributed by atoms with Crippen LogP contribution in [0.5, 0.6) is 0 Å². The Morgan fingerprint density at radius 2 is 2.35 bits per heavy atom. The van der Waals surface area contributed by atoms with Gasteiger partial charge in [-0.15, -0.1) is 0 Å². The number of benzene rings is 1. The summed E-state index contributed by atoms with van der Waals surface area (Å²) in [4.78, 5) is 0. The Morgan fingerprint density at radius 1 is 1.53 bits per heavy atom. The molecule has 0 bridgehead atoms. The van der Waals surface area contributed by atoms with Gasteiger partial charge in [0.2, 0.25) is 0 Å². The number of nitriles is 1. The number of aryl methyl sites for hydroxylation is 1. The van der Waals surface area contributed by atoms with Gasteiger partial charge in [-0.1, -0.05) is 24.3 Å². The molecule has 2 unspecified atom stereocenters. The van der Waals surface area contributed by atoms with Crippen LogP contribution in [0.15, 0.2) is 24.3 Å². The first kappa shape index (κ1) is 12.1. The van der Waals surface area contributed by atoms with Gasteiger partial charge in [-0.3, -0.25) is 5.32 Å². The lowest BCUT2D eigenvalue weighted by molar-refractivity contribution is 0.109. The molecule has 0 aliphatic carbocycles. The highest BCUT2D eigenvalue weighted by atomic mass is 16.5. The van der Waals surface area contributed by atoms with Crippen molar-refractivity contribution in [3.8, 4) is 6.07 Å². The smallest absolute Gasteiger partial charge is 0.121 e. The number of hydrogen-bond donors (Lipinski definition) is 1. The minimum Gasteiger partial charge on any atom is -0.377 e. The number of hydrogen-bond acceptors (Lipinski definition) is 3. The van der Waals surface area contributed by atoms with Crippen LogP contribution in [-0.4, -0.2) is 19.3 Å². The Hall–Kier alpha value is -1.37. The summed E-state index contributed by atoms with van der Waals surface area (Å²) in [5.74, 6) is 0. The second-order valence-corrected chi connectivity index (χ2v) is 4.46. The van der Waals surface area contributed by atoms with Crippen LogP contribution in [0, 0.1) is 18.3 Å². The molecular formula is C14H18N2O. The Kier molecular flexibility index (Phi) is 4.13. The number of nitrogens with one attached hydrogen (secondary N) is 1. The van der Waals surface area contributed by atoms with Crippen molar-refractivity contribution >= 4 is 0 Å². The summed E-state index contributed by atoms with van der Waals surface area (Å²) in [7, 11) is 0. The van der Waals surface area contributed by atoms with Crippen molar-refractivity contribution in [2.45, 2.75) is 31.9 Å². The van der Waals surface area contributed by atoms with Gasteiger partial charge in [-0.2, -0.15) is 5.26 Å². The zero-order chi connectivity index (χ0) is 12.1. The van der Waals surface area contributed by atoms with Gasteiger partial charge in [-0.25, -0.2) is 0 Å². The largest absolute Gasteiger partial charge is 0.377 e. The lowest BCUT2D eigenvalue weighted by Crippen LogP contribution is -2.29. The second kappa shape index (κ2) is 5.81. The highest BCUT2D eigenvalue weighted by Crippen LogP contribution is 2.18. The van der Waals surface area contributed by atoms with E-state index in [4.69, 9.17) is 4.74 Å². The highest BCUT2D eigenvalue weighted by molar-refractivity contribution is 5.32. The van der Waals surface area contributed by atoms with Gasteiger partial charge in [0.25, 0.3) is 0 Å². The first-order chi connectivity index (χ1) is 8.31. The SMILES string of the molecule is Cc1ccccc1C(C#N)NCC1CCCO1. The van der Waals surface area contributed by atoms with Gasteiger partial charge in [0.15, 0.2) is 0 Å². The molecule has 2 atom stereocenters. The fraction of sp³-hybridized carbons (Fsp3) is 0.500. The van der Waals surface area contributed by atoms with Crippen LogP contribution in [0.2, 0.25) is 0 Å². The maximum absolute atomic E-state index is 9.22. The monoisotopic (exact) mass is 230 g/mol. The van der Waals surface area contributed by atoms with Crippen molar-refractivity contribution in [2.24, 2.45) is 0 Å². The van der Waals surface area contributed by atoms with E-state index in [0.29, 0.717) is 0 Å². The molecule has 1 fully saturated rings. The predicted octanol–water partition coefficient (Wildman–Crippen LogP) is 2.33. The first-order valence-electron chi connectivity index (χ1n) is 6.11. The summed E-state index contributed by atoms with van der Waals surface area (Å²) in [6.45, 7) is 3.65. The van der Waals surface area contributed by atoms with E-state index < -0.39 is 0 Å². The third-order valence-electron chi connectivity index (χ3n) is 3.20. The molecule has 90 valence electrons. The fourth-order valence-corrected chi connectivity index (χ4v) is 2.19. The molecular weight excluding hydrogens is 212 g/mol. The highest BCUT2D eigenvalue weighted by Gasteiger charge is 2.18. The fourth-order valence-electron chi connectivity index (χ4n) is 2.19. The van der Waals surface area contributed by atoms with Crippen molar-refractivity contribution in [3.05, 3.63) is 35.4 Å². The van der Waals surface area contributed by atoms with Crippen molar-refractivity contribution in [3.63, 3.8) is 0 Å². The van der Waals surface area contributed by atoms with E-state index >= 15 is 0 Å². The normalized spacial score (nSPS) is 21.1. The molecule has 1 heterocycles. The molecule has 1 aliphatic rings. The van der Waals surface area contributed by atoms with E-state index in [0.717, 1.165) is 37.1 Å². The lowest BCUT2D eigenvalue weighted by Gasteiger charge is -2.16. The molecule has 1 aliphatic heterocycles. The van der Waals surface area contributed by atoms with E-state index in [-0.39, 0.29) is 12.1 Å². The summed E-state index contributed by atoms with van der Waals surface area (Å²) in [6, 6.07) is 10.1. The van der Waals surface area contributed by atoms with E-state index in [2.05, 4.69) is 11.4 Å². The Bertz CT molecular complexity index is 405. The van der Waals surface area contributed by atoms with E-state index in [9.17, 15) is 5.26 Å². The third-order valence-corrected chi connectivity index (χ3v) is 3.20. The number of nitrogens with zero attached hydrogens (tertiary/aromatic N) is 1. The number of ether oxygens (including phenoxy) is 1. The van der Waals surface area contributed by atoms with Crippen molar-refractivity contribution in [1.82, 2.24) is 5.32 Å². The zero-order valence-corrected chi connectivity index (χ0v) is 10.1. The molecule has 1 N–H and O–H groups in total. The minimum absolute atomic E-state index is 0.236. The van der Waals surface area contributed by atoms with E-state index in [1.165, 1.54) is 0 Å². The average molecular weight is 230 g/mol. The van der Waals surface area contributed by atoms with Crippen molar-refractivity contribution < 1.29 is 4.74 Å². The van der Waals surface area contributed by atoms with Crippen LogP contribution in [0.4, 0.5) is 0 Å². The van der Waals surface area contributed by atoms with Gasteiger partial charge in [-0.05, 0) is 30.9 Å². The van der Waals surface area contributed by atoms with E-state index in [1.807, 2.05) is 31.2 Å². The molecule has 2 rings (SSSR count). The zero-order valence-electron chi connectivity index (χ0n) is 10.1. The van der Waals surface area contributed by atoms with Gasteiger partial charge in [0.1, 0.15) is 6.04 Å². The van der Waals surface area contributed by atoms with Crippen LogP contribution >= 0.6 is 0 Å². The van der Waals surface area contributed by atoms with Gasteiger partial charge in [0.05, 0.1) is 12.2 Å². The summed E-state index contributed by atoms with van der Waals surface area (Å²) >= 11 is 0. The molecule has 3 nitrogen and oxygen atoms in total. The maximum Gasteiger partial charge on any atom is 0.121 e. The molecule has 17 heavy (non-hydrogen) atoms. The summed E-state index contributed by atoms with van der Waals surface area (Å²) in [5.41, 5.74) is 2.21. The standard InChI is InChI=1S/C14H18N2O/c1-11-5-2-3-7-13(11)14(9-15)16-10-12-6-4-8-17-12/h2-3,5,7,12,14,16H,4,6,8,10H2,1H3. The molecule has 1 aromatic rings. The van der Waals surface area contributed by atoms with Gasteiger partial charge < -0.3 is 4.74 Å². The van der Waals surface area contributed by atoms with Crippen LogP contribution in [0.1, 0.15) is 30.0 Å². The topological polar surface area (TPSA) is 45.0 Å². The van der Waals surface area contributed by atoms with E-state index in [1.54, 1.807) is 0 Å². The van der Waals surface area contributed by atoms with Gasteiger partial charge in [0, 0.05) is 13.2 Å². The Labute approximate surface area is 102 Å². The van der Waals surface area contributed by atoms with Crippen LogP contribution in [0.3, 0.4) is 0 Å². The number of rotatable bonds is 4. The summed E-state index contributed by atoms with van der Waals surface area (Å²) < 4.78 is 5.54. The summed E-state index contributed by atoms with van der Waals surface area (Å²) in [6.07, 6.45) is 2.50. The minimum atomic E-state index is -0.236. The maximum atomic E-state index is 9.22. The summed E-state index contributed by atoms with van der Waals surface area (Å²) in [5, 5.41) is 12.5. The third kappa shape index (κ3) is 3.06. The van der Waals surface area contributed by atoms with Crippen LogP contribution < -0.4 is 5.32 Å². The molecule has 1 saturated heterocycles. The van der Waals surface area contributed by atoms with Crippen molar-refractivity contribution in [1.29, 1.82) is 5.26 Å². The molecule has 0 amide bonds. The second-order valence-electron chi connectivity index (χ2n) is 4.46. The Morgan fingerprint density at radius 3 is 3.00 bits per heavy atom. The van der Waals surface area contributed by atoms with Crippen molar-refractivity contribution in [2.75, 3.05) is 13.2 Å². The predicted molar refractivity (Wildman–Crippen MR) is 66.5 cm³/mol. The molecule has 0 radical (unpaired) electrons. The molecule has 0 aromatic heterocycles. The molecule has 1 aromatic carbocycles. The first-order valence-corrected chi connectivity index (χ1v) is 6.11. The Balaban J connectivity index is 1.97. The quantitative estimate of drug-likeness (QED) is 0.863. The average Bonchev–Trinajstić information content (AvgIpc) is 2.85. The molecule has 0 spiro atoms. The van der Waals surface area contributed by atoms with Crippen LogP contribution in [0.25, 0.3) is 0 Å². The van der Waals surface area contributed by atoms with Crippen LogP contribution in [-0.2, 0) is 4.74 Å². The lowest BCUT2D eigenvalue weighted by atomic mass is 10.0.